The highest BCUT2D eigenvalue weighted by Gasteiger charge is 2.18. The fourth-order valence-corrected chi connectivity index (χ4v) is 3.20. The van der Waals surface area contributed by atoms with Crippen LogP contribution < -0.4 is 10.4 Å². The van der Waals surface area contributed by atoms with Crippen molar-refractivity contribution < 1.29 is 9.53 Å². The molecular formula is C25H20N2O3. The second-order valence-electron chi connectivity index (χ2n) is 6.65. The van der Waals surface area contributed by atoms with Crippen LogP contribution in [-0.4, -0.2) is 22.2 Å². The number of imidazole rings is 1. The molecule has 148 valence electrons. The first-order chi connectivity index (χ1) is 14.7. The predicted molar refractivity (Wildman–Crippen MR) is 118 cm³/mol. The second kappa shape index (κ2) is 8.49. The molecule has 4 rings (SSSR count). The minimum absolute atomic E-state index is 0.413. The van der Waals surface area contributed by atoms with Crippen LogP contribution in [0.25, 0.3) is 23.0 Å². The SMILES string of the molecule is COc1ccc(/C=C/C(=O)n2c(-c3ccccc3)cn(-c3ccccc3)c2=O)cc1. The van der Waals surface area contributed by atoms with E-state index in [1.807, 2.05) is 84.9 Å². The van der Waals surface area contributed by atoms with E-state index >= 15 is 0 Å². The van der Waals surface area contributed by atoms with Crippen LogP contribution in [0.3, 0.4) is 0 Å². The summed E-state index contributed by atoms with van der Waals surface area (Å²) in [6.07, 6.45) is 4.79. The van der Waals surface area contributed by atoms with Crippen molar-refractivity contribution in [3.8, 4) is 22.7 Å². The number of hydrogen-bond acceptors (Lipinski definition) is 3. The Morgan fingerprint density at radius 1 is 0.867 bits per heavy atom. The average molecular weight is 396 g/mol. The fourth-order valence-electron chi connectivity index (χ4n) is 3.20. The molecule has 0 bridgehead atoms. The van der Waals surface area contributed by atoms with Gasteiger partial charge in [0.1, 0.15) is 5.75 Å². The Kier molecular flexibility index (Phi) is 5.44. The van der Waals surface area contributed by atoms with Crippen LogP contribution in [0, 0.1) is 0 Å². The van der Waals surface area contributed by atoms with Crippen molar-refractivity contribution in [1.29, 1.82) is 0 Å². The summed E-state index contributed by atoms with van der Waals surface area (Å²) in [7, 11) is 1.60. The van der Waals surface area contributed by atoms with Gasteiger partial charge >= 0.3 is 5.69 Å². The molecule has 1 heterocycles. The van der Waals surface area contributed by atoms with Crippen molar-refractivity contribution in [1.82, 2.24) is 9.13 Å². The van der Waals surface area contributed by atoms with E-state index in [-0.39, 0.29) is 0 Å². The van der Waals surface area contributed by atoms with Crippen LogP contribution in [0.1, 0.15) is 10.4 Å². The van der Waals surface area contributed by atoms with Gasteiger partial charge in [0.25, 0.3) is 5.91 Å². The number of allylic oxidation sites excluding steroid dienone is 1. The van der Waals surface area contributed by atoms with Crippen molar-refractivity contribution in [2.75, 3.05) is 7.11 Å². The molecule has 0 N–H and O–H groups in total. The second-order valence-corrected chi connectivity index (χ2v) is 6.65. The van der Waals surface area contributed by atoms with Gasteiger partial charge in [-0.05, 0) is 35.9 Å². The minimum Gasteiger partial charge on any atom is -0.497 e. The van der Waals surface area contributed by atoms with Gasteiger partial charge in [0, 0.05) is 17.8 Å². The summed E-state index contributed by atoms with van der Waals surface area (Å²) in [4.78, 5) is 26.2. The first-order valence-electron chi connectivity index (χ1n) is 9.49. The van der Waals surface area contributed by atoms with Gasteiger partial charge in [0.2, 0.25) is 0 Å². The van der Waals surface area contributed by atoms with E-state index < -0.39 is 11.6 Å². The zero-order valence-electron chi connectivity index (χ0n) is 16.4. The van der Waals surface area contributed by atoms with Gasteiger partial charge in [-0.1, -0.05) is 60.7 Å². The lowest BCUT2D eigenvalue weighted by Gasteiger charge is -2.03. The Hall–Kier alpha value is -4.12. The van der Waals surface area contributed by atoms with Gasteiger partial charge < -0.3 is 4.74 Å². The molecule has 5 nitrogen and oxygen atoms in total. The summed E-state index contributed by atoms with van der Waals surface area (Å²) < 4.78 is 7.83. The molecule has 30 heavy (non-hydrogen) atoms. The van der Waals surface area contributed by atoms with Gasteiger partial charge in [0.15, 0.2) is 0 Å². The van der Waals surface area contributed by atoms with E-state index in [9.17, 15) is 9.59 Å². The van der Waals surface area contributed by atoms with Gasteiger partial charge in [-0.3, -0.25) is 9.36 Å². The molecule has 0 fully saturated rings. The Morgan fingerprint density at radius 3 is 2.13 bits per heavy atom. The van der Waals surface area contributed by atoms with Gasteiger partial charge in [0.05, 0.1) is 18.5 Å². The third kappa shape index (κ3) is 3.86. The van der Waals surface area contributed by atoms with Crippen LogP contribution in [0.5, 0.6) is 5.75 Å². The first kappa shape index (κ1) is 19.2. The van der Waals surface area contributed by atoms with Crippen LogP contribution in [-0.2, 0) is 0 Å². The van der Waals surface area contributed by atoms with Crippen molar-refractivity contribution in [3.05, 3.63) is 113 Å². The average Bonchev–Trinajstić information content (AvgIpc) is 3.16. The molecule has 1 aromatic heterocycles. The van der Waals surface area contributed by atoms with E-state index in [4.69, 9.17) is 4.74 Å². The van der Waals surface area contributed by atoms with Gasteiger partial charge in [-0.2, -0.15) is 0 Å². The molecule has 0 saturated carbocycles. The molecule has 0 saturated heterocycles. The number of carbonyl (C=O) groups is 1. The maximum atomic E-state index is 13.2. The summed E-state index contributed by atoms with van der Waals surface area (Å²) in [6, 6.07) is 26.0. The van der Waals surface area contributed by atoms with E-state index in [0.717, 1.165) is 16.9 Å². The Bertz CT molecular complexity index is 1240. The number of carbonyl (C=O) groups excluding carboxylic acids is 1. The quantitative estimate of drug-likeness (QED) is 0.461. The molecule has 5 heteroatoms. The standard InChI is InChI=1S/C25H20N2O3/c1-30-22-15-12-19(13-16-22)14-17-24(28)27-23(20-8-4-2-5-9-20)18-26(25(27)29)21-10-6-3-7-11-21/h2-18H,1H3/b17-14+. The smallest absolute Gasteiger partial charge is 0.340 e. The lowest BCUT2D eigenvalue weighted by atomic mass is 10.1. The highest BCUT2D eigenvalue weighted by Crippen LogP contribution is 2.20. The topological polar surface area (TPSA) is 53.2 Å². The zero-order valence-corrected chi connectivity index (χ0v) is 16.4. The maximum absolute atomic E-state index is 13.2. The van der Waals surface area contributed by atoms with E-state index in [2.05, 4.69) is 0 Å². The molecule has 0 amide bonds. The largest absolute Gasteiger partial charge is 0.497 e. The third-order valence-corrected chi connectivity index (χ3v) is 4.75. The molecule has 0 atom stereocenters. The van der Waals surface area contributed by atoms with Gasteiger partial charge in [-0.15, -0.1) is 0 Å². The Morgan fingerprint density at radius 2 is 1.50 bits per heavy atom. The molecule has 0 unspecified atom stereocenters. The number of benzene rings is 3. The van der Waals surface area contributed by atoms with Gasteiger partial charge in [-0.25, -0.2) is 9.36 Å². The summed E-state index contributed by atoms with van der Waals surface area (Å²) in [5.41, 5.74) is 2.44. The molecule has 0 aliphatic rings. The van der Waals surface area contributed by atoms with E-state index in [1.165, 1.54) is 15.2 Å². The number of hydrogen-bond donors (Lipinski definition) is 0. The zero-order chi connectivity index (χ0) is 20.9. The van der Waals surface area contributed by atoms with Crippen molar-refractivity contribution in [2.24, 2.45) is 0 Å². The Labute approximate surface area is 174 Å². The summed E-state index contributed by atoms with van der Waals surface area (Å²) >= 11 is 0. The lowest BCUT2D eigenvalue weighted by molar-refractivity contribution is 0.0967. The van der Waals surface area contributed by atoms with Crippen LogP contribution >= 0.6 is 0 Å². The summed E-state index contributed by atoms with van der Waals surface area (Å²) in [6.45, 7) is 0. The number of nitrogens with zero attached hydrogens (tertiary/aromatic N) is 2. The first-order valence-corrected chi connectivity index (χ1v) is 9.49. The Balaban J connectivity index is 1.77. The summed E-state index contributed by atoms with van der Waals surface area (Å²) in [5, 5.41) is 0. The molecule has 3 aromatic carbocycles. The third-order valence-electron chi connectivity index (χ3n) is 4.75. The molecule has 0 aliphatic carbocycles. The lowest BCUT2D eigenvalue weighted by Crippen LogP contribution is -2.27. The van der Waals surface area contributed by atoms with Crippen molar-refractivity contribution in [2.45, 2.75) is 0 Å². The molecular weight excluding hydrogens is 376 g/mol. The predicted octanol–water partition coefficient (Wildman–Crippen LogP) is 4.67. The number of methoxy groups -OCH3 is 1. The normalized spacial score (nSPS) is 11.0. The van der Waals surface area contributed by atoms with E-state index in [0.29, 0.717) is 11.4 Å². The number of rotatable bonds is 5. The fraction of sp³-hybridized carbons (Fsp3) is 0.0400. The molecule has 0 spiro atoms. The monoisotopic (exact) mass is 396 g/mol. The van der Waals surface area contributed by atoms with Crippen LogP contribution in [0.15, 0.2) is 102 Å². The highest BCUT2D eigenvalue weighted by atomic mass is 16.5. The number of ether oxygens (including phenoxy) is 1. The maximum Gasteiger partial charge on any atom is 0.340 e. The minimum atomic E-state index is -0.413. The van der Waals surface area contributed by atoms with E-state index in [1.54, 1.807) is 19.4 Å². The van der Waals surface area contributed by atoms with Crippen molar-refractivity contribution in [3.63, 3.8) is 0 Å². The highest BCUT2D eigenvalue weighted by molar-refractivity contribution is 5.96. The van der Waals surface area contributed by atoms with Crippen molar-refractivity contribution >= 4 is 12.0 Å². The van der Waals surface area contributed by atoms with Crippen LogP contribution in [0.2, 0.25) is 0 Å². The molecule has 4 aromatic rings. The molecule has 0 radical (unpaired) electrons. The van der Waals surface area contributed by atoms with Crippen LogP contribution in [0.4, 0.5) is 0 Å². The number of aromatic nitrogens is 2. The molecule has 0 aliphatic heterocycles. The summed E-state index contributed by atoms with van der Waals surface area (Å²) in [5.74, 6) is 0.324. The number of para-hydroxylation sites is 1.